The molecule has 0 aromatic carbocycles. The number of carbonyl (C=O) groups excluding carboxylic acids is 2. The predicted octanol–water partition coefficient (Wildman–Crippen LogP) is 2.15. The molecule has 0 radical (unpaired) electrons. The van der Waals surface area contributed by atoms with E-state index < -0.39 is 5.97 Å². The fourth-order valence-corrected chi connectivity index (χ4v) is 3.34. The first kappa shape index (κ1) is 14.5. The first-order valence-corrected chi connectivity index (χ1v) is 7.73. The monoisotopic (exact) mass is 317 g/mol. The Kier molecular flexibility index (Phi) is 4.06. The number of methoxy groups -OCH3 is 1. The van der Waals surface area contributed by atoms with Gasteiger partial charge in [-0.2, -0.15) is 0 Å². The normalized spacial score (nSPS) is 17.6. The summed E-state index contributed by atoms with van der Waals surface area (Å²) in [6, 6.07) is 6.85. The Morgan fingerprint density at radius 3 is 3.05 bits per heavy atom. The molecule has 1 N–H and O–H groups in total. The molecular weight excluding hydrogens is 302 g/mol. The van der Waals surface area contributed by atoms with Gasteiger partial charge in [0.25, 0.3) is 0 Å². The quantitative estimate of drug-likeness (QED) is 0.875. The molecule has 1 saturated heterocycles. The lowest BCUT2D eigenvalue weighted by Gasteiger charge is -2.17. The van der Waals surface area contributed by atoms with Crippen LogP contribution in [0.25, 0.3) is 0 Å². The van der Waals surface area contributed by atoms with E-state index in [1.807, 2.05) is 18.2 Å². The van der Waals surface area contributed by atoms with Crippen molar-refractivity contribution in [3.05, 3.63) is 41.4 Å². The molecular formula is C15H15N3O3S. The summed E-state index contributed by atoms with van der Waals surface area (Å²) in [7, 11) is 1.33. The van der Waals surface area contributed by atoms with Gasteiger partial charge >= 0.3 is 5.97 Å². The number of ether oxygens (including phenoxy) is 1. The van der Waals surface area contributed by atoms with E-state index in [9.17, 15) is 9.59 Å². The topological polar surface area (TPSA) is 71.5 Å². The molecule has 1 aliphatic rings. The van der Waals surface area contributed by atoms with Crippen LogP contribution in [0, 0.1) is 0 Å². The highest BCUT2D eigenvalue weighted by Crippen LogP contribution is 2.32. The summed E-state index contributed by atoms with van der Waals surface area (Å²) >= 11 is 1.36. The summed E-state index contributed by atoms with van der Waals surface area (Å²) in [5.41, 5.74) is 0.430. The van der Waals surface area contributed by atoms with Gasteiger partial charge in [-0.15, -0.1) is 11.3 Å². The van der Waals surface area contributed by atoms with Crippen molar-refractivity contribution in [1.82, 2.24) is 4.98 Å². The van der Waals surface area contributed by atoms with Crippen LogP contribution in [0.5, 0.6) is 0 Å². The summed E-state index contributed by atoms with van der Waals surface area (Å²) in [5.74, 6) is 0.186. The van der Waals surface area contributed by atoms with E-state index in [0.29, 0.717) is 29.3 Å². The molecule has 0 spiro atoms. The van der Waals surface area contributed by atoms with Crippen molar-refractivity contribution >= 4 is 34.0 Å². The molecule has 6 nitrogen and oxygen atoms in total. The summed E-state index contributed by atoms with van der Waals surface area (Å²) in [4.78, 5) is 30.1. The van der Waals surface area contributed by atoms with Gasteiger partial charge in [0.15, 0.2) is 0 Å². The molecule has 1 aliphatic heterocycles. The van der Waals surface area contributed by atoms with Crippen LogP contribution in [-0.2, 0) is 9.53 Å². The zero-order chi connectivity index (χ0) is 15.5. The third kappa shape index (κ3) is 2.67. The third-order valence-electron chi connectivity index (χ3n) is 3.49. The molecule has 3 heterocycles. The lowest BCUT2D eigenvalue weighted by molar-refractivity contribution is -0.117. The van der Waals surface area contributed by atoms with Crippen LogP contribution in [0.3, 0.4) is 0 Å². The molecule has 1 fully saturated rings. The van der Waals surface area contributed by atoms with Crippen LogP contribution < -0.4 is 10.2 Å². The van der Waals surface area contributed by atoms with Crippen molar-refractivity contribution in [2.75, 3.05) is 23.9 Å². The fourth-order valence-electron chi connectivity index (χ4n) is 2.42. The molecule has 2 aromatic heterocycles. The van der Waals surface area contributed by atoms with E-state index in [2.05, 4.69) is 10.3 Å². The van der Waals surface area contributed by atoms with Gasteiger partial charge in [0.2, 0.25) is 5.91 Å². The lowest BCUT2D eigenvalue weighted by atomic mass is 10.2. The number of hydrogen-bond donors (Lipinski definition) is 1. The van der Waals surface area contributed by atoms with Gasteiger partial charge < -0.3 is 15.0 Å². The second-order valence-electron chi connectivity index (χ2n) is 4.82. The molecule has 0 aliphatic carbocycles. The molecule has 0 saturated carbocycles. The van der Waals surface area contributed by atoms with E-state index in [0.717, 1.165) is 0 Å². The smallest absolute Gasteiger partial charge is 0.340 e. The van der Waals surface area contributed by atoms with Crippen LogP contribution in [0.4, 0.5) is 10.8 Å². The number of pyridine rings is 1. The minimum atomic E-state index is -0.426. The Labute approximate surface area is 131 Å². The summed E-state index contributed by atoms with van der Waals surface area (Å²) < 4.78 is 4.76. The number of anilines is 2. The summed E-state index contributed by atoms with van der Waals surface area (Å²) in [6.07, 6.45) is 2.34. The van der Waals surface area contributed by atoms with Crippen molar-refractivity contribution in [2.24, 2.45) is 0 Å². The maximum Gasteiger partial charge on any atom is 0.340 e. The zero-order valence-electron chi connectivity index (χ0n) is 12.0. The number of rotatable bonds is 4. The first-order valence-electron chi connectivity index (χ1n) is 6.85. The van der Waals surface area contributed by atoms with Crippen LogP contribution in [0.15, 0.2) is 35.8 Å². The van der Waals surface area contributed by atoms with Crippen LogP contribution in [0.1, 0.15) is 16.8 Å². The van der Waals surface area contributed by atoms with Gasteiger partial charge in [0.05, 0.1) is 12.7 Å². The standard InChI is InChI=1S/C15H15N3O3S/c1-21-15(20)10-6-9-22-14(10)18-8-5-11(13(18)19)17-12-4-2-3-7-16-12/h2-4,6-7,9,11H,5,8H2,1H3,(H,16,17). The average Bonchev–Trinajstić information content (AvgIpc) is 3.15. The van der Waals surface area contributed by atoms with Crippen molar-refractivity contribution in [2.45, 2.75) is 12.5 Å². The van der Waals surface area contributed by atoms with Gasteiger partial charge in [-0.05, 0) is 30.0 Å². The predicted molar refractivity (Wildman–Crippen MR) is 84.3 cm³/mol. The third-order valence-corrected chi connectivity index (χ3v) is 4.42. The number of aromatic nitrogens is 1. The number of nitrogens with one attached hydrogen (secondary N) is 1. The van der Waals surface area contributed by atoms with Crippen LogP contribution >= 0.6 is 11.3 Å². The van der Waals surface area contributed by atoms with E-state index in [1.165, 1.54) is 18.4 Å². The fraction of sp³-hybridized carbons (Fsp3) is 0.267. The highest BCUT2D eigenvalue weighted by atomic mass is 32.1. The van der Waals surface area contributed by atoms with Gasteiger partial charge in [0, 0.05) is 12.7 Å². The Morgan fingerprint density at radius 2 is 2.32 bits per heavy atom. The highest BCUT2D eigenvalue weighted by molar-refractivity contribution is 7.14. The Hall–Kier alpha value is -2.41. The maximum atomic E-state index is 12.6. The van der Waals surface area contributed by atoms with Crippen molar-refractivity contribution in [3.8, 4) is 0 Å². The lowest BCUT2D eigenvalue weighted by Crippen LogP contribution is -2.33. The summed E-state index contributed by atoms with van der Waals surface area (Å²) in [6.45, 7) is 0.563. The number of carbonyl (C=O) groups is 2. The molecule has 3 rings (SSSR count). The van der Waals surface area contributed by atoms with Crippen molar-refractivity contribution in [1.29, 1.82) is 0 Å². The highest BCUT2D eigenvalue weighted by Gasteiger charge is 2.35. The second-order valence-corrected chi connectivity index (χ2v) is 5.72. The minimum absolute atomic E-state index is 0.0572. The van der Waals surface area contributed by atoms with Gasteiger partial charge in [-0.25, -0.2) is 9.78 Å². The SMILES string of the molecule is COC(=O)c1ccsc1N1CCC(Nc2ccccn2)C1=O. The van der Waals surface area contributed by atoms with E-state index in [-0.39, 0.29) is 11.9 Å². The molecule has 0 bridgehead atoms. The largest absolute Gasteiger partial charge is 0.465 e. The number of esters is 1. The number of thiophene rings is 1. The second kappa shape index (κ2) is 6.15. The van der Waals surface area contributed by atoms with Gasteiger partial charge in [0.1, 0.15) is 16.9 Å². The molecule has 1 atom stereocenters. The first-order chi connectivity index (χ1) is 10.7. The van der Waals surface area contributed by atoms with Crippen molar-refractivity contribution in [3.63, 3.8) is 0 Å². The molecule has 2 aromatic rings. The number of nitrogens with zero attached hydrogens (tertiary/aromatic N) is 2. The van der Waals surface area contributed by atoms with E-state index >= 15 is 0 Å². The van der Waals surface area contributed by atoms with Crippen LogP contribution in [-0.4, -0.2) is 36.6 Å². The Morgan fingerprint density at radius 1 is 1.45 bits per heavy atom. The number of amides is 1. The minimum Gasteiger partial charge on any atom is -0.465 e. The molecule has 7 heteroatoms. The van der Waals surface area contributed by atoms with Gasteiger partial charge in [-0.3, -0.25) is 4.79 Å². The Bertz CT molecular complexity index is 686. The van der Waals surface area contributed by atoms with Gasteiger partial charge in [-0.1, -0.05) is 6.07 Å². The molecule has 22 heavy (non-hydrogen) atoms. The van der Waals surface area contributed by atoms with Crippen LogP contribution in [0.2, 0.25) is 0 Å². The molecule has 1 amide bonds. The maximum absolute atomic E-state index is 12.6. The Balaban J connectivity index is 1.77. The summed E-state index contributed by atoms with van der Waals surface area (Å²) in [5, 5.41) is 5.56. The molecule has 114 valence electrons. The van der Waals surface area contributed by atoms with E-state index in [4.69, 9.17) is 4.74 Å². The zero-order valence-corrected chi connectivity index (χ0v) is 12.8. The number of hydrogen-bond acceptors (Lipinski definition) is 6. The van der Waals surface area contributed by atoms with E-state index in [1.54, 1.807) is 22.5 Å². The van der Waals surface area contributed by atoms with Crippen molar-refractivity contribution < 1.29 is 14.3 Å². The average molecular weight is 317 g/mol. The molecule has 1 unspecified atom stereocenters.